The lowest BCUT2D eigenvalue weighted by atomic mass is 9.48. The van der Waals surface area contributed by atoms with Gasteiger partial charge in [0, 0.05) is 0 Å². The number of hydrogen-bond acceptors (Lipinski definition) is 0. The van der Waals surface area contributed by atoms with Crippen LogP contribution in [0.1, 0.15) is 212 Å². The summed E-state index contributed by atoms with van der Waals surface area (Å²) < 4.78 is 0. The Hall–Kier alpha value is -0.780. The first-order valence-corrected chi connectivity index (χ1v) is 20.8. The fourth-order valence-electron chi connectivity index (χ4n) is 11.5. The predicted octanol–water partition coefficient (Wildman–Crippen LogP) is 14.5. The Morgan fingerprint density at radius 2 is 1.07 bits per heavy atom. The fourth-order valence-corrected chi connectivity index (χ4v) is 11.5. The molecule has 0 aromatic rings. The fraction of sp³-hybridized carbons (Fsp3) is 0.864. The molecule has 5 unspecified atom stereocenters. The van der Waals surface area contributed by atoms with Crippen LogP contribution in [-0.4, -0.2) is 0 Å². The summed E-state index contributed by atoms with van der Waals surface area (Å²) in [6.07, 6.45) is 50.2. The Labute approximate surface area is 274 Å². The van der Waals surface area contributed by atoms with E-state index in [2.05, 4.69) is 13.0 Å². The summed E-state index contributed by atoms with van der Waals surface area (Å²) in [7, 11) is 0. The van der Waals surface area contributed by atoms with Gasteiger partial charge in [0.05, 0.1) is 0 Å². The third-order valence-corrected chi connectivity index (χ3v) is 14.4. The van der Waals surface area contributed by atoms with E-state index in [1.165, 1.54) is 167 Å². The quantitative estimate of drug-likeness (QED) is 0.263. The third-order valence-electron chi connectivity index (χ3n) is 14.4. The molecule has 0 radical (unpaired) electrons. The van der Waals surface area contributed by atoms with Gasteiger partial charge in [0.1, 0.15) is 0 Å². The van der Waals surface area contributed by atoms with Crippen LogP contribution in [0.4, 0.5) is 0 Å². The number of rotatable bonds is 1. The van der Waals surface area contributed by atoms with Crippen molar-refractivity contribution in [2.75, 3.05) is 0 Å². The van der Waals surface area contributed by atoms with E-state index in [0.717, 1.165) is 23.7 Å². The van der Waals surface area contributed by atoms with E-state index in [1.54, 1.807) is 38.5 Å². The van der Waals surface area contributed by atoms with Gasteiger partial charge >= 0.3 is 0 Å². The lowest BCUT2D eigenvalue weighted by Gasteiger charge is -2.57. The number of hydrogen-bond donors (Lipinski definition) is 0. The Bertz CT molecular complexity index is 990. The Balaban J connectivity index is 1.18. The molecule has 0 N–H and O–H groups in total. The van der Waals surface area contributed by atoms with Crippen LogP contribution >= 0.6 is 0 Å². The molecule has 3 saturated carbocycles. The van der Waals surface area contributed by atoms with Gasteiger partial charge in [-0.15, -0.1) is 0 Å². The highest BCUT2D eigenvalue weighted by Crippen LogP contribution is 2.63. The zero-order valence-corrected chi connectivity index (χ0v) is 29.5. The van der Waals surface area contributed by atoms with E-state index in [0.29, 0.717) is 5.41 Å². The van der Waals surface area contributed by atoms with Gasteiger partial charge in [-0.3, -0.25) is 0 Å². The van der Waals surface area contributed by atoms with Crippen LogP contribution in [0.15, 0.2) is 33.9 Å². The number of allylic oxidation sites excluding steroid dienone is 6. The van der Waals surface area contributed by atoms with E-state index in [-0.39, 0.29) is 0 Å². The summed E-state index contributed by atoms with van der Waals surface area (Å²) in [6.45, 7) is 2.52. The Kier molecular flexibility index (Phi) is 12.7. The Morgan fingerprint density at radius 1 is 0.477 bits per heavy atom. The van der Waals surface area contributed by atoms with Gasteiger partial charge in [0.25, 0.3) is 0 Å². The van der Waals surface area contributed by atoms with Crippen molar-refractivity contribution >= 4 is 0 Å². The van der Waals surface area contributed by atoms with Crippen LogP contribution in [0.5, 0.6) is 0 Å². The van der Waals surface area contributed by atoms with Crippen molar-refractivity contribution in [3.05, 3.63) is 33.9 Å². The molecule has 3 fully saturated rings. The van der Waals surface area contributed by atoms with E-state index < -0.39 is 0 Å². The van der Waals surface area contributed by atoms with Gasteiger partial charge in [-0.05, 0) is 137 Å². The molecule has 44 heavy (non-hydrogen) atoms. The van der Waals surface area contributed by atoms with Crippen molar-refractivity contribution in [1.29, 1.82) is 0 Å². The van der Waals surface area contributed by atoms with E-state index in [9.17, 15) is 0 Å². The van der Waals surface area contributed by atoms with E-state index in [4.69, 9.17) is 0 Å². The summed E-state index contributed by atoms with van der Waals surface area (Å²) >= 11 is 0. The molecule has 0 aliphatic heterocycles. The molecule has 1 spiro atoms. The largest absolute Gasteiger partial charge is 0.0707 e. The predicted molar refractivity (Wildman–Crippen MR) is 192 cm³/mol. The smallest absolute Gasteiger partial charge is 0.0140 e. The topological polar surface area (TPSA) is 0 Å². The van der Waals surface area contributed by atoms with Crippen LogP contribution < -0.4 is 0 Å². The van der Waals surface area contributed by atoms with Crippen LogP contribution in [0.3, 0.4) is 0 Å². The van der Waals surface area contributed by atoms with Crippen LogP contribution in [-0.2, 0) is 0 Å². The molecule has 6 aliphatic carbocycles. The molecule has 0 heterocycles. The molecule has 0 heteroatoms. The molecule has 5 atom stereocenters. The molecule has 0 aromatic carbocycles. The van der Waals surface area contributed by atoms with Crippen molar-refractivity contribution in [2.24, 2.45) is 29.1 Å². The van der Waals surface area contributed by atoms with Gasteiger partial charge in [0.15, 0.2) is 0 Å². The zero-order chi connectivity index (χ0) is 30.0. The third kappa shape index (κ3) is 8.77. The molecule has 0 aromatic heterocycles. The van der Waals surface area contributed by atoms with Gasteiger partial charge < -0.3 is 0 Å². The minimum absolute atomic E-state index is 0.682. The first-order valence-electron chi connectivity index (χ1n) is 20.8. The second kappa shape index (κ2) is 16.9. The molecular formula is C44H72. The minimum Gasteiger partial charge on any atom is -0.0707 e. The van der Waals surface area contributed by atoms with Crippen LogP contribution in [0.25, 0.3) is 0 Å². The first-order chi connectivity index (χ1) is 21.7. The highest BCUT2D eigenvalue weighted by atomic mass is 14.6. The van der Waals surface area contributed by atoms with Crippen molar-refractivity contribution in [3.8, 4) is 0 Å². The highest BCUT2D eigenvalue weighted by molar-refractivity contribution is 5.37. The molecular weight excluding hydrogens is 528 g/mol. The van der Waals surface area contributed by atoms with Crippen molar-refractivity contribution in [2.45, 2.75) is 212 Å². The second-order valence-electron chi connectivity index (χ2n) is 17.3. The maximum atomic E-state index is 2.83. The van der Waals surface area contributed by atoms with E-state index >= 15 is 0 Å². The van der Waals surface area contributed by atoms with E-state index in [1.807, 2.05) is 27.9 Å². The monoisotopic (exact) mass is 601 g/mol. The normalized spacial score (nSPS) is 37.8. The summed E-state index contributed by atoms with van der Waals surface area (Å²) in [5.74, 6) is 4.00. The van der Waals surface area contributed by atoms with Gasteiger partial charge in [-0.2, -0.15) is 0 Å². The highest BCUT2D eigenvalue weighted by Gasteiger charge is 2.52. The average Bonchev–Trinajstić information content (AvgIpc) is 3.14. The van der Waals surface area contributed by atoms with Crippen molar-refractivity contribution in [3.63, 3.8) is 0 Å². The molecule has 0 nitrogen and oxygen atoms in total. The summed E-state index contributed by atoms with van der Waals surface area (Å²) in [5.41, 5.74) is 10.2. The number of fused-ring (bicyclic) bond motifs is 2. The Morgan fingerprint density at radius 3 is 1.80 bits per heavy atom. The maximum absolute atomic E-state index is 2.83. The standard InChI is InChI=1S/C44H72/c1-35-17-10-9-13-23-41-34-44(31-29-39(41)22-15-14-18-35)32-30-43(44)42-24-16-19-36-25-26-37-20-11-7-5-3-2-4-6-8-12-21-38(37)27-28-40(42)33-36/h33,35,39,41,43H,2-32,34H2,1H3/b38-37-. The van der Waals surface area contributed by atoms with Gasteiger partial charge in [0.2, 0.25) is 0 Å². The van der Waals surface area contributed by atoms with Crippen LogP contribution in [0.2, 0.25) is 0 Å². The van der Waals surface area contributed by atoms with Crippen molar-refractivity contribution < 1.29 is 0 Å². The lowest BCUT2D eigenvalue weighted by Crippen LogP contribution is -2.47. The van der Waals surface area contributed by atoms with Crippen molar-refractivity contribution in [1.82, 2.24) is 0 Å². The summed E-state index contributed by atoms with van der Waals surface area (Å²) in [5, 5.41) is 0. The van der Waals surface area contributed by atoms with Gasteiger partial charge in [-0.25, -0.2) is 0 Å². The molecule has 0 amide bonds. The molecule has 6 aliphatic rings. The maximum Gasteiger partial charge on any atom is -0.0140 e. The summed E-state index contributed by atoms with van der Waals surface area (Å²) in [4.78, 5) is 0. The van der Waals surface area contributed by atoms with Crippen LogP contribution in [0, 0.1) is 29.1 Å². The molecule has 0 saturated heterocycles. The summed E-state index contributed by atoms with van der Waals surface area (Å²) in [6, 6.07) is 0. The first kappa shape index (κ1) is 33.1. The molecule has 6 rings (SSSR count). The molecule has 248 valence electrons. The molecule has 2 bridgehead atoms. The zero-order valence-electron chi connectivity index (χ0n) is 29.5. The lowest BCUT2D eigenvalue weighted by molar-refractivity contribution is -0.0375. The SMILES string of the molecule is CC1CCCCCC2CC3(CCC2CCCC1)CCC3C1=C2C=C(CCC1)CC/C1=C(/CCCCCCCCCCC1)CC2. The average molecular weight is 601 g/mol. The minimum atomic E-state index is 0.682. The second-order valence-corrected chi connectivity index (χ2v) is 17.3. The van der Waals surface area contributed by atoms with Gasteiger partial charge in [-0.1, -0.05) is 138 Å².